The summed E-state index contributed by atoms with van der Waals surface area (Å²) in [5.74, 6) is 0.405. The Labute approximate surface area is 162 Å². The van der Waals surface area contributed by atoms with Crippen LogP contribution in [0.3, 0.4) is 0 Å². The molecule has 0 atom stereocenters. The fraction of sp³-hybridized carbons (Fsp3) is 0.238. The number of piperazine rings is 1. The van der Waals surface area contributed by atoms with E-state index < -0.39 is 0 Å². The lowest BCUT2D eigenvalue weighted by atomic mass is 10.1. The first-order valence-electron chi connectivity index (χ1n) is 9.21. The number of nitrogens with zero attached hydrogens (tertiary/aromatic N) is 5. The van der Waals surface area contributed by atoms with Gasteiger partial charge >= 0.3 is 0 Å². The second-order valence-electron chi connectivity index (χ2n) is 6.65. The molecule has 3 heterocycles. The zero-order valence-corrected chi connectivity index (χ0v) is 15.3. The lowest BCUT2D eigenvalue weighted by Crippen LogP contribution is -2.49. The standard InChI is InChI=1S/C21H20FN5O/c22-18-4-2-1-3-17(18)15-21(28)27-13-11-26(12-14-27)20-6-5-19(24-25-20)16-7-9-23-10-8-16/h1-10H,11-15H2. The van der Waals surface area contributed by atoms with Crippen molar-refractivity contribution in [3.63, 3.8) is 0 Å². The molecule has 7 heteroatoms. The molecule has 28 heavy (non-hydrogen) atoms. The highest BCUT2D eigenvalue weighted by atomic mass is 19.1. The minimum absolute atomic E-state index is 0.0520. The molecule has 1 amide bonds. The van der Waals surface area contributed by atoms with Crippen LogP contribution in [0.4, 0.5) is 10.2 Å². The quantitative estimate of drug-likeness (QED) is 0.699. The third-order valence-electron chi connectivity index (χ3n) is 4.88. The van der Waals surface area contributed by atoms with E-state index in [9.17, 15) is 9.18 Å². The summed E-state index contributed by atoms with van der Waals surface area (Å²) in [4.78, 5) is 20.4. The van der Waals surface area contributed by atoms with E-state index in [1.807, 2.05) is 24.3 Å². The molecule has 0 spiro atoms. The molecule has 1 aliphatic rings. The lowest BCUT2D eigenvalue weighted by molar-refractivity contribution is -0.130. The molecule has 0 aliphatic carbocycles. The average molecular weight is 377 g/mol. The number of carbonyl (C=O) groups is 1. The van der Waals surface area contributed by atoms with Crippen LogP contribution < -0.4 is 4.90 Å². The fourth-order valence-electron chi connectivity index (χ4n) is 3.27. The molecule has 0 radical (unpaired) electrons. The number of amides is 1. The third-order valence-corrected chi connectivity index (χ3v) is 4.88. The third kappa shape index (κ3) is 3.98. The minimum atomic E-state index is -0.334. The van der Waals surface area contributed by atoms with Gasteiger partial charge < -0.3 is 9.80 Å². The first kappa shape index (κ1) is 18.0. The number of aromatic nitrogens is 3. The summed E-state index contributed by atoms with van der Waals surface area (Å²) >= 11 is 0. The van der Waals surface area contributed by atoms with Crippen LogP contribution in [0, 0.1) is 5.82 Å². The van der Waals surface area contributed by atoms with Crippen molar-refractivity contribution in [3.8, 4) is 11.3 Å². The first-order chi connectivity index (χ1) is 13.7. The summed E-state index contributed by atoms with van der Waals surface area (Å²) in [5.41, 5.74) is 2.20. The van der Waals surface area contributed by atoms with Gasteiger partial charge in [-0.1, -0.05) is 18.2 Å². The number of pyridine rings is 1. The van der Waals surface area contributed by atoms with Gasteiger partial charge in [-0.25, -0.2) is 4.39 Å². The van der Waals surface area contributed by atoms with Crippen molar-refractivity contribution in [2.45, 2.75) is 6.42 Å². The Morgan fingerprint density at radius 2 is 1.68 bits per heavy atom. The molecular formula is C21H20FN5O. The van der Waals surface area contributed by atoms with Gasteiger partial charge in [0.1, 0.15) is 5.82 Å². The molecule has 6 nitrogen and oxygen atoms in total. The van der Waals surface area contributed by atoms with Gasteiger partial charge in [0.05, 0.1) is 12.1 Å². The fourth-order valence-corrected chi connectivity index (χ4v) is 3.27. The highest BCUT2D eigenvalue weighted by Gasteiger charge is 2.22. The molecule has 0 N–H and O–H groups in total. The Morgan fingerprint density at radius 1 is 0.929 bits per heavy atom. The van der Waals surface area contributed by atoms with Crippen molar-refractivity contribution in [3.05, 3.63) is 72.3 Å². The normalized spacial score (nSPS) is 14.2. The van der Waals surface area contributed by atoms with Gasteiger partial charge in [-0.3, -0.25) is 9.78 Å². The molecule has 1 aliphatic heterocycles. The number of carbonyl (C=O) groups excluding carboxylic acids is 1. The van der Waals surface area contributed by atoms with Gasteiger partial charge in [-0.05, 0) is 35.9 Å². The van der Waals surface area contributed by atoms with Crippen LogP contribution >= 0.6 is 0 Å². The van der Waals surface area contributed by atoms with E-state index in [0.29, 0.717) is 31.7 Å². The molecule has 3 aromatic rings. The summed E-state index contributed by atoms with van der Waals surface area (Å²) in [6.07, 6.45) is 3.54. The second-order valence-corrected chi connectivity index (χ2v) is 6.65. The molecule has 0 bridgehead atoms. The monoisotopic (exact) mass is 377 g/mol. The van der Waals surface area contributed by atoms with Crippen LogP contribution in [0.2, 0.25) is 0 Å². The summed E-state index contributed by atoms with van der Waals surface area (Å²) in [5, 5.41) is 8.63. The number of hydrogen-bond acceptors (Lipinski definition) is 5. The Bertz CT molecular complexity index is 941. The molecular weight excluding hydrogens is 357 g/mol. The Morgan fingerprint density at radius 3 is 2.36 bits per heavy atom. The van der Waals surface area contributed by atoms with Gasteiger partial charge in [0, 0.05) is 44.1 Å². The molecule has 1 aromatic carbocycles. The van der Waals surface area contributed by atoms with Crippen molar-refractivity contribution in [2.24, 2.45) is 0 Å². The van der Waals surface area contributed by atoms with Crippen molar-refractivity contribution in [2.75, 3.05) is 31.1 Å². The number of halogens is 1. The Balaban J connectivity index is 1.35. The molecule has 2 aromatic heterocycles. The molecule has 1 fully saturated rings. The van der Waals surface area contributed by atoms with Crippen LogP contribution in [0.1, 0.15) is 5.56 Å². The topological polar surface area (TPSA) is 62.2 Å². The molecule has 0 unspecified atom stereocenters. The van der Waals surface area contributed by atoms with E-state index in [4.69, 9.17) is 0 Å². The largest absolute Gasteiger partial charge is 0.352 e. The molecule has 4 rings (SSSR count). The predicted octanol–water partition coefficient (Wildman–Crippen LogP) is 2.57. The highest BCUT2D eigenvalue weighted by molar-refractivity contribution is 5.79. The van der Waals surface area contributed by atoms with Crippen LogP contribution in [-0.2, 0) is 11.2 Å². The van der Waals surface area contributed by atoms with Gasteiger partial charge in [0.25, 0.3) is 0 Å². The first-order valence-corrected chi connectivity index (χ1v) is 9.21. The van der Waals surface area contributed by atoms with E-state index in [1.165, 1.54) is 6.07 Å². The summed E-state index contributed by atoms with van der Waals surface area (Å²) in [7, 11) is 0. The maximum absolute atomic E-state index is 13.8. The molecule has 0 saturated carbocycles. The van der Waals surface area contributed by atoms with Gasteiger partial charge in [-0.15, -0.1) is 10.2 Å². The number of benzene rings is 1. The maximum Gasteiger partial charge on any atom is 0.227 e. The van der Waals surface area contributed by atoms with E-state index in [1.54, 1.807) is 35.5 Å². The van der Waals surface area contributed by atoms with E-state index in [-0.39, 0.29) is 18.1 Å². The smallest absolute Gasteiger partial charge is 0.227 e. The summed E-state index contributed by atoms with van der Waals surface area (Å²) in [6, 6.07) is 14.1. The lowest BCUT2D eigenvalue weighted by Gasteiger charge is -2.35. The van der Waals surface area contributed by atoms with Gasteiger partial charge in [0.15, 0.2) is 5.82 Å². The predicted molar refractivity (Wildman–Crippen MR) is 104 cm³/mol. The highest BCUT2D eigenvalue weighted by Crippen LogP contribution is 2.19. The Hall–Kier alpha value is -3.35. The summed E-state index contributed by atoms with van der Waals surface area (Å²) < 4.78 is 13.8. The maximum atomic E-state index is 13.8. The van der Waals surface area contributed by atoms with E-state index >= 15 is 0 Å². The van der Waals surface area contributed by atoms with Crippen LogP contribution in [0.5, 0.6) is 0 Å². The van der Waals surface area contributed by atoms with Gasteiger partial charge in [-0.2, -0.15) is 0 Å². The minimum Gasteiger partial charge on any atom is -0.352 e. The van der Waals surface area contributed by atoms with Crippen molar-refractivity contribution in [1.82, 2.24) is 20.1 Å². The summed E-state index contributed by atoms with van der Waals surface area (Å²) in [6.45, 7) is 2.51. The van der Waals surface area contributed by atoms with Crippen molar-refractivity contribution >= 4 is 11.7 Å². The van der Waals surface area contributed by atoms with Crippen LogP contribution in [-0.4, -0.2) is 52.2 Å². The zero-order valence-electron chi connectivity index (χ0n) is 15.3. The Kier molecular flexibility index (Phi) is 5.23. The average Bonchev–Trinajstić information content (AvgIpc) is 2.76. The van der Waals surface area contributed by atoms with Crippen LogP contribution in [0.25, 0.3) is 11.3 Å². The van der Waals surface area contributed by atoms with Crippen LogP contribution in [0.15, 0.2) is 60.9 Å². The second kappa shape index (κ2) is 8.12. The number of anilines is 1. The number of rotatable bonds is 4. The number of hydrogen-bond donors (Lipinski definition) is 0. The zero-order chi connectivity index (χ0) is 19.3. The van der Waals surface area contributed by atoms with Gasteiger partial charge in [0.2, 0.25) is 5.91 Å². The van der Waals surface area contributed by atoms with Crippen molar-refractivity contribution < 1.29 is 9.18 Å². The van der Waals surface area contributed by atoms with E-state index in [0.717, 1.165) is 17.1 Å². The van der Waals surface area contributed by atoms with E-state index in [2.05, 4.69) is 20.1 Å². The SMILES string of the molecule is O=C(Cc1ccccc1F)N1CCN(c2ccc(-c3ccncc3)nn2)CC1. The van der Waals surface area contributed by atoms with Crippen molar-refractivity contribution in [1.29, 1.82) is 0 Å². The molecule has 142 valence electrons. The molecule has 1 saturated heterocycles.